The Labute approximate surface area is 321 Å². The third-order valence-corrected chi connectivity index (χ3v) is 13.5. The summed E-state index contributed by atoms with van der Waals surface area (Å²) in [5, 5.41) is 0. The van der Waals surface area contributed by atoms with E-state index in [9.17, 15) is 18.0 Å². The number of Topliss-reactive ketones (excluding diaryl/α,β-unsaturated/α-hetero) is 1. The van der Waals surface area contributed by atoms with Gasteiger partial charge in [-0.25, -0.2) is 0 Å². The summed E-state index contributed by atoms with van der Waals surface area (Å²) in [4.78, 5) is 28.1. The van der Waals surface area contributed by atoms with Crippen LogP contribution in [0.1, 0.15) is 85.5 Å². The zero-order valence-electron chi connectivity index (χ0n) is 33.1. The Bertz CT molecular complexity index is 1480. The molecule has 0 N–H and O–H groups in total. The number of allylic oxidation sites excluding steroid dienone is 4. The van der Waals surface area contributed by atoms with E-state index >= 15 is 0 Å². The van der Waals surface area contributed by atoms with Gasteiger partial charge in [-0.05, 0) is 88.0 Å². The molecule has 3 heterocycles. The fourth-order valence-electron chi connectivity index (χ4n) is 10.1. The van der Waals surface area contributed by atoms with E-state index in [0.29, 0.717) is 44.1 Å². The van der Waals surface area contributed by atoms with Gasteiger partial charge in [-0.15, -0.1) is 0 Å². The van der Waals surface area contributed by atoms with Crippen molar-refractivity contribution in [3.8, 4) is 0 Å². The van der Waals surface area contributed by atoms with E-state index in [1.165, 1.54) is 0 Å². The second-order valence-electron chi connectivity index (χ2n) is 16.3. The SMILES string of the molecule is CC[C@H]1CCC[C@H](O[C@H]2CC[C@H](OS(C)(=O)=O)[C@@H](C)O2)[C@@H](C)C(=O)C2=C[C@@H]3[C@@H](C=C[C@@H]4C[C@@H](O[C@@H]5O[C@@H](C)[C@H](OC)[C@@H](OC)[C@H]5OC)C[C@@H]34)[C@@H]2CC(=O)O1. The largest absolute Gasteiger partial charge is 0.462 e. The van der Waals surface area contributed by atoms with Crippen LogP contribution in [0.15, 0.2) is 23.8 Å². The molecular formula is C40H62O13S. The van der Waals surface area contributed by atoms with E-state index in [0.717, 1.165) is 19.1 Å². The van der Waals surface area contributed by atoms with Gasteiger partial charge in [0, 0.05) is 39.6 Å². The van der Waals surface area contributed by atoms with Gasteiger partial charge >= 0.3 is 5.97 Å². The summed E-state index contributed by atoms with van der Waals surface area (Å²) in [6.45, 7) is 7.68. The third kappa shape index (κ3) is 9.18. The lowest BCUT2D eigenvalue weighted by Gasteiger charge is -2.44. The summed E-state index contributed by atoms with van der Waals surface area (Å²) in [5.41, 5.74) is 0.684. The lowest BCUT2D eigenvalue weighted by Crippen LogP contribution is -2.59. The molecule has 0 bridgehead atoms. The van der Waals surface area contributed by atoms with Crippen molar-refractivity contribution in [3.05, 3.63) is 23.8 Å². The number of hydrogen-bond acceptors (Lipinski definition) is 13. The highest BCUT2D eigenvalue weighted by molar-refractivity contribution is 7.86. The molecule has 0 amide bonds. The van der Waals surface area contributed by atoms with Crippen molar-refractivity contribution in [3.63, 3.8) is 0 Å². The van der Waals surface area contributed by atoms with Crippen LogP contribution in [0.5, 0.6) is 0 Å². The smallest absolute Gasteiger partial charge is 0.306 e. The second kappa shape index (κ2) is 17.8. The van der Waals surface area contributed by atoms with Crippen molar-refractivity contribution in [1.29, 1.82) is 0 Å². The predicted octanol–water partition coefficient (Wildman–Crippen LogP) is 4.90. The van der Waals surface area contributed by atoms with Crippen LogP contribution in [-0.4, -0.2) is 115 Å². The standard InChI is InChI=1S/C40H62O13S/c1-9-25-11-10-12-32(52-35-16-15-33(22(3)48-35)53-54(8,43)44)21(2)36(42)31-19-29-27(30(31)20-34(41)50-25)14-13-24-17-26(18-28(24)29)51-40-39(47-7)38(46-6)37(45-5)23(4)49-40/h13-14,19,21-30,32-33,35,37-40H,9-12,15-18,20H2,1-8H3/t21-,22-,23+,24-,25+,26-,27-,28-,29-,30+,32+,33+,35+,37+,38-,39-,40+/m1/s1. The predicted molar refractivity (Wildman–Crippen MR) is 196 cm³/mol. The Morgan fingerprint density at radius 2 is 1.56 bits per heavy atom. The molecular weight excluding hydrogens is 720 g/mol. The molecule has 14 heteroatoms. The topological polar surface area (TPSA) is 151 Å². The van der Waals surface area contributed by atoms with Gasteiger partial charge in [0.25, 0.3) is 10.1 Å². The fraction of sp³-hybridized carbons (Fsp3) is 0.850. The molecule has 13 nitrogen and oxygen atoms in total. The first kappa shape index (κ1) is 41.9. The van der Waals surface area contributed by atoms with Crippen LogP contribution in [0.2, 0.25) is 0 Å². The van der Waals surface area contributed by atoms with Crippen LogP contribution >= 0.6 is 0 Å². The first-order valence-electron chi connectivity index (χ1n) is 20.0. The van der Waals surface area contributed by atoms with E-state index in [1.54, 1.807) is 28.3 Å². The summed E-state index contributed by atoms with van der Waals surface area (Å²) in [5.74, 6) is -0.542. The molecule has 306 valence electrons. The van der Waals surface area contributed by atoms with Gasteiger partial charge in [-0.1, -0.05) is 32.1 Å². The molecule has 0 aromatic carbocycles. The Morgan fingerprint density at radius 1 is 0.815 bits per heavy atom. The van der Waals surface area contributed by atoms with Crippen molar-refractivity contribution in [1.82, 2.24) is 0 Å². The number of methoxy groups -OCH3 is 3. The van der Waals surface area contributed by atoms with E-state index in [2.05, 4.69) is 18.2 Å². The van der Waals surface area contributed by atoms with Crippen molar-refractivity contribution < 1.29 is 60.1 Å². The van der Waals surface area contributed by atoms with E-state index in [4.69, 9.17) is 42.1 Å². The number of esters is 1. The molecule has 54 heavy (non-hydrogen) atoms. The summed E-state index contributed by atoms with van der Waals surface area (Å²) < 4.78 is 77.8. The highest BCUT2D eigenvalue weighted by Crippen LogP contribution is 2.54. The zero-order valence-corrected chi connectivity index (χ0v) is 33.9. The molecule has 17 atom stereocenters. The van der Waals surface area contributed by atoms with Crippen LogP contribution < -0.4 is 0 Å². The summed E-state index contributed by atoms with van der Waals surface area (Å²) in [7, 11) is 1.28. The fourth-order valence-corrected chi connectivity index (χ4v) is 10.8. The minimum atomic E-state index is -3.64. The minimum absolute atomic E-state index is 0.0106. The maximum atomic E-state index is 14.6. The van der Waals surface area contributed by atoms with Crippen molar-refractivity contribution >= 4 is 21.9 Å². The van der Waals surface area contributed by atoms with Gasteiger partial charge in [-0.3, -0.25) is 13.8 Å². The van der Waals surface area contributed by atoms with Gasteiger partial charge in [-0.2, -0.15) is 8.42 Å². The van der Waals surface area contributed by atoms with Crippen LogP contribution in [0.3, 0.4) is 0 Å². The third-order valence-electron chi connectivity index (χ3n) is 12.9. The van der Waals surface area contributed by atoms with Crippen molar-refractivity contribution in [2.75, 3.05) is 27.6 Å². The number of carbonyl (C=O) groups is 2. The van der Waals surface area contributed by atoms with Gasteiger partial charge in [0.2, 0.25) is 0 Å². The number of cyclic esters (lactones) is 1. The summed E-state index contributed by atoms with van der Waals surface area (Å²) in [6, 6.07) is 0. The lowest BCUT2D eigenvalue weighted by atomic mass is 9.70. The maximum absolute atomic E-state index is 14.6. The highest BCUT2D eigenvalue weighted by Gasteiger charge is 2.52. The molecule has 1 saturated carbocycles. The molecule has 6 rings (SSSR count). The second-order valence-corrected chi connectivity index (χ2v) is 17.9. The molecule has 0 radical (unpaired) electrons. The number of ether oxygens (including phenoxy) is 8. The van der Waals surface area contributed by atoms with Crippen molar-refractivity contribution in [2.45, 2.75) is 153 Å². The maximum Gasteiger partial charge on any atom is 0.306 e. The van der Waals surface area contributed by atoms with Gasteiger partial charge in [0.05, 0.1) is 37.1 Å². The lowest BCUT2D eigenvalue weighted by molar-refractivity contribution is -0.314. The number of rotatable bonds is 10. The Kier molecular flexibility index (Phi) is 13.8. The molecule has 6 aliphatic rings. The first-order chi connectivity index (χ1) is 25.7. The van der Waals surface area contributed by atoms with Gasteiger partial charge in [0.1, 0.15) is 30.5 Å². The zero-order chi connectivity index (χ0) is 38.9. The number of fused-ring (bicyclic) bond motifs is 5. The van der Waals surface area contributed by atoms with E-state index in [-0.39, 0.29) is 78.3 Å². The van der Waals surface area contributed by atoms with Crippen LogP contribution in [0.25, 0.3) is 0 Å². The van der Waals surface area contributed by atoms with Crippen LogP contribution in [0.4, 0.5) is 0 Å². The van der Waals surface area contributed by atoms with Crippen LogP contribution in [-0.2, 0) is 61.8 Å². The monoisotopic (exact) mass is 782 g/mol. The summed E-state index contributed by atoms with van der Waals surface area (Å²) >= 11 is 0. The molecule has 0 aromatic heterocycles. The Balaban J connectivity index is 1.20. The molecule has 0 aromatic rings. The van der Waals surface area contributed by atoms with Gasteiger partial charge < -0.3 is 37.9 Å². The van der Waals surface area contributed by atoms with Crippen molar-refractivity contribution in [2.24, 2.45) is 35.5 Å². The number of hydrogen-bond donors (Lipinski definition) is 0. The minimum Gasteiger partial charge on any atom is -0.462 e. The quantitative estimate of drug-likeness (QED) is 0.168. The molecule has 3 aliphatic carbocycles. The Morgan fingerprint density at radius 3 is 2.22 bits per heavy atom. The average Bonchev–Trinajstić information content (AvgIpc) is 3.70. The molecule has 0 spiro atoms. The number of carbonyl (C=O) groups excluding carboxylic acids is 2. The number of ketones is 1. The van der Waals surface area contributed by atoms with E-state index in [1.807, 2.05) is 20.8 Å². The normalized spacial score (nSPS) is 44.7. The highest BCUT2D eigenvalue weighted by atomic mass is 32.2. The molecule has 0 unspecified atom stereocenters. The molecule has 3 aliphatic heterocycles. The van der Waals surface area contributed by atoms with Crippen LogP contribution in [0, 0.1) is 35.5 Å². The average molecular weight is 783 g/mol. The molecule has 3 saturated heterocycles. The first-order valence-corrected chi connectivity index (χ1v) is 21.8. The van der Waals surface area contributed by atoms with E-state index < -0.39 is 53.0 Å². The van der Waals surface area contributed by atoms with Gasteiger partial charge in [0.15, 0.2) is 18.4 Å². The Hall–Kier alpha value is -1.75. The molecule has 4 fully saturated rings. The summed E-state index contributed by atoms with van der Waals surface area (Å²) in [6.07, 6.45) is 8.53.